The van der Waals surface area contributed by atoms with Crippen molar-refractivity contribution >= 4 is 34.1 Å². The fourth-order valence-corrected chi connectivity index (χ4v) is 5.67. The van der Waals surface area contributed by atoms with E-state index in [0.717, 1.165) is 39.9 Å². The predicted octanol–water partition coefficient (Wildman–Crippen LogP) is 9.37. The summed E-state index contributed by atoms with van der Waals surface area (Å²) in [6.07, 6.45) is 0. The van der Waals surface area contributed by atoms with Crippen LogP contribution in [0.1, 0.15) is 25.0 Å². The Kier molecular flexibility index (Phi) is 4.49. The molecule has 3 nitrogen and oxygen atoms in total. The molecule has 0 radical (unpaired) electrons. The maximum absolute atomic E-state index is 6.63. The molecule has 0 saturated heterocycles. The van der Waals surface area contributed by atoms with Crippen LogP contribution in [0.25, 0.3) is 0 Å². The largest absolute Gasteiger partial charge is 0.453 e. The number of nitrogens with zero attached hydrogens (tertiary/aromatic N) is 2. The Morgan fingerprint density at radius 3 is 1.83 bits per heavy atom. The molecule has 0 amide bonds. The molecule has 174 valence electrons. The number of fused-ring (bicyclic) bond motifs is 4. The molecule has 2 aliphatic heterocycles. The van der Waals surface area contributed by atoms with Crippen LogP contribution in [0.3, 0.4) is 0 Å². The summed E-state index contributed by atoms with van der Waals surface area (Å²) in [6, 6.07) is 42.7. The first-order valence-corrected chi connectivity index (χ1v) is 12.4. The highest BCUT2D eigenvalue weighted by atomic mass is 16.5. The van der Waals surface area contributed by atoms with Crippen LogP contribution < -0.4 is 14.5 Å². The van der Waals surface area contributed by atoms with E-state index < -0.39 is 0 Å². The maximum atomic E-state index is 6.63. The summed E-state index contributed by atoms with van der Waals surface area (Å²) in [5.74, 6) is 1.74. The fourth-order valence-electron chi connectivity index (χ4n) is 5.67. The average molecular weight is 467 g/mol. The van der Waals surface area contributed by atoms with Crippen molar-refractivity contribution in [2.75, 3.05) is 9.80 Å². The van der Waals surface area contributed by atoms with Crippen molar-refractivity contribution in [2.45, 2.75) is 19.3 Å². The van der Waals surface area contributed by atoms with Crippen LogP contribution >= 0.6 is 0 Å². The topological polar surface area (TPSA) is 15.7 Å². The van der Waals surface area contributed by atoms with Crippen LogP contribution in [-0.2, 0) is 5.41 Å². The summed E-state index contributed by atoms with van der Waals surface area (Å²) in [5.41, 5.74) is 9.06. The van der Waals surface area contributed by atoms with E-state index in [1.807, 2.05) is 6.07 Å². The minimum Gasteiger partial charge on any atom is -0.453 e. The molecule has 2 aliphatic rings. The Morgan fingerprint density at radius 2 is 1.14 bits per heavy atom. The molecule has 0 fully saturated rings. The monoisotopic (exact) mass is 466 g/mol. The zero-order valence-corrected chi connectivity index (χ0v) is 20.3. The Labute approximate surface area is 211 Å². The van der Waals surface area contributed by atoms with E-state index >= 15 is 0 Å². The molecule has 0 atom stereocenters. The van der Waals surface area contributed by atoms with Gasteiger partial charge in [0.15, 0.2) is 11.5 Å². The third-order valence-corrected chi connectivity index (χ3v) is 7.39. The molecule has 0 saturated carbocycles. The van der Waals surface area contributed by atoms with Crippen LogP contribution in [0.5, 0.6) is 11.5 Å². The lowest BCUT2D eigenvalue weighted by Gasteiger charge is -2.45. The van der Waals surface area contributed by atoms with Crippen LogP contribution in [0.4, 0.5) is 34.1 Å². The van der Waals surface area contributed by atoms with Gasteiger partial charge in [-0.3, -0.25) is 0 Å². The maximum Gasteiger partial charge on any atom is 0.153 e. The summed E-state index contributed by atoms with van der Waals surface area (Å²) in [6.45, 7) is 4.64. The van der Waals surface area contributed by atoms with Gasteiger partial charge in [-0.05, 0) is 59.7 Å². The fraction of sp³-hybridized carbons (Fsp3) is 0.0909. The first-order valence-electron chi connectivity index (χ1n) is 12.4. The molecule has 36 heavy (non-hydrogen) atoms. The van der Waals surface area contributed by atoms with Crippen LogP contribution in [-0.4, -0.2) is 0 Å². The van der Waals surface area contributed by atoms with Gasteiger partial charge in [0.1, 0.15) is 0 Å². The van der Waals surface area contributed by atoms with E-state index in [0.29, 0.717) is 0 Å². The number of para-hydroxylation sites is 5. The van der Waals surface area contributed by atoms with Crippen molar-refractivity contribution in [2.24, 2.45) is 0 Å². The SMILES string of the molecule is CC1(C)c2ccccc2N2c3ccccc3Oc3cc(N(c4ccccc4)c4ccccc4)cc1c32. The minimum absolute atomic E-state index is 0.206. The molecule has 2 heterocycles. The normalized spacial score (nSPS) is 14.2. The molecule has 7 rings (SSSR count). The summed E-state index contributed by atoms with van der Waals surface area (Å²) in [5, 5.41) is 0. The van der Waals surface area contributed by atoms with Crippen LogP contribution in [0, 0.1) is 0 Å². The van der Waals surface area contributed by atoms with Gasteiger partial charge in [-0.1, -0.05) is 80.6 Å². The van der Waals surface area contributed by atoms with Crippen molar-refractivity contribution in [1.29, 1.82) is 0 Å². The molecule has 5 aromatic rings. The molecule has 0 aromatic heterocycles. The summed E-state index contributed by atoms with van der Waals surface area (Å²) < 4.78 is 6.63. The summed E-state index contributed by atoms with van der Waals surface area (Å²) in [4.78, 5) is 4.69. The minimum atomic E-state index is -0.206. The van der Waals surface area contributed by atoms with Gasteiger partial charge in [-0.15, -0.1) is 0 Å². The van der Waals surface area contributed by atoms with Gasteiger partial charge in [-0.2, -0.15) is 0 Å². The van der Waals surface area contributed by atoms with E-state index in [9.17, 15) is 0 Å². The lowest BCUT2D eigenvalue weighted by atomic mass is 9.73. The molecule has 0 spiro atoms. The molecule has 0 aliphatic carbocycles. The van der Waals surface area contributed by atoms with Crippen molar-refractivity contribution in [3.05, 3.63) is 132 Å². The van der Waals surface area contributed by atoms with Crippen molar-refractivity contribution in [3.8, 4) is 11.5 Å². The summed E-state index contributed by atoms with van der Waals surface area (Å²) >= 11 is 0. The number of rotatable bonds is 3. The number of ether oxygens (including phenoxy) is 1. The number of hydrogen-bond acceptors (Lipinski definition) is 3. The molecular formula is C33H26N2O. The predicted molar refractivity (Wildman–Crippen MR) is 148 cm³/mol. The number of benzene rings is 5. The highest BCUT2D eigenvalue weighted by molar-refractivity contribution is 5.95. The highest BCUT2D eigenvalue weighted by Gasteiger charge is 2.42. The molecule has 0 N–H and O–H groups in total. The third-order valence-electron chi connectivity index (χ3n) is 7.39. The Hall–Kier alpha value is -4.50. The Bertz CT molecular complexity index is 1550. The van der Waals surface area contributed by atoms with Gasteiger partial charge in [0, 0.05) is 22.9 Å². The van der Waals surface area contributed by atoms with Gasteiger partial charge in [0.05, 0.1) is 22.7 Å². The van der Waals surface area contributed by atoms with Crippen LogP contribution in [0.15, 0.2) is 121 Å². The second kappa shape index (κ2) is 7.76. The lowest BCUT2D eigenvalue weighted by Crippen LogP contribution is -2.32. The van der Waals surface area contributed by atoms with Crippen molar-refractivity contribution in [3.63, 3.8) is 0 Å². The Balaban J connectivity index is 1.53. The van der Waals surface area contributed by atoms with E-state index in [2.05, 4.69) is 139 Å². The molecular weight excluding hydrogens is 440 g/mol. The smallest absolute Gasteiger partial charge is 0.153 e. The van der Waals surface area contributed by atoms with Gasteiger partial charge in [0.25, 0.3) is 0 Å². The van der Waals surface area contributed by atoms with Gasteiger partial charge < -0.3 is 14.5 Å². The molecule has 0 bridgehead atoms. The van der Waals surface area contributed by atoms with Crippen molar-refractivity contribution in [1.82, 2.24) is 0 Å². The quantitative estimate of drug-likeness (QED) is 0.258. The Morgan fingerprint density at radius 1 is 0.556 bits per heavy atom. The third kappa shape index (κ3) is 2.99. The number of hydrogen-bond donors (Lipinski definition) is 0. The van der Waals surface area contributed by atoms with E-state index in [1.54, 1.807) is 0 Å². The molecule has 5 aromatic carbocycles. The van der Waals surface area contributed by atoms with E-state index in [1.165, 1.54) is 16.8 Å². The second-order valence-electron chi connectivity index (χ2n) is 9.89. The average Bonchev–Trinajstić information content (AvgIpc) is 2.92. The zero-order valence-electron chi connectivity index (χ0n) is 20.3. The standard InChI is InChI=1S/C33H26N2O/c1-33(2)26-17-9-10-18-28(26)35-29-19-11-12-20-30(29)36-31-22-25(21-27(33)32(31)35)34(23-13-5-3-6-14-23)24-15-7-4-8-16-24/h3-22H,1-2H3. The molecule has 3 heteroatoms. The highest BCUT2D eigenvalue weighted by Crippen LogP contribution is 2.61. The van der Waals surface area contributed by atoms with Crippen molar-refractivity contribution < 1.29 is 4.74 Å². The molecule has 0 unspecified atom stereocenters. The summed E-state index contributed by atoms with van der Waals surface area (Å²) in [7, 11) is 0. The number of anilines is 6. The van der Waals surface area contributed by atoms with Gasteiger partial charge in [0.2, 0.25) is 0 Å². The first-order chi connectivity index (χ1) is 17.6. The zero-order chi connectivity index (χ0) is 24.3. The van der Waals surface area contributed by atoms with E-state index in [4.69, 9.17) is 4.74 Å². The van der Waals surface area contributed by atoms with E-state index in [-0.39, 0.29) is 5.41 Å². The van der Waals surface area contributed by atoms with Gasteiger partial charge >= 0.3 is 0 Å². The van der Waals surface area contributed by atoms with Gasteiger partial charge in [-0.25, -0.2) is 0 Å². The van der Waals surface area contributed by atoms with Crippen LogP contribution in [0.2, 0.25) is 0 Å². The second-order valence-corrected chi connectivity index (χ2v) is 9.89. The lowest BCUT2D eigenvalue weighted by molar-refractivity contribution is 0.471. The first kappa shape index (κ1) is 20.8.